The van der Waals surface area contributed by atoms with E-state index in [4.69, 9.17) is 0 Å². The van der Waals surface area contributed by atoms with Crippen LogP contribution >= 0.6 is 11.3 Å². The number of hydrogen-bond donors (Lipinski definition) is 0. The molecule has 0 radical (unpaired) electrons. The van der Waals surface area contributed by atoms with E-state index in [1.807, 2.05) is 32.9 Å². The van der Waals surface area contributed by atoms with Crippen molar-refractivity contribution in [1.82, 2.24) is 0 Å². The second-order valence-corrected chi connectivity index (χ2v) is 8.33. The molecule has 4 rings (SSSR count). The van der Waals surface area contributed by atoms with Gasteiger partial charge in [0.25, 0.3) is 0 Å². The lowest BCUT2D eigenvalue weighted by Gasteiger charge is -2.03. The highest BCUT2D eigenvalue weighted by molar-refractivity contribution is 7.15. The molecule has 0 bridgehead atoms. The van der Waals surface area contributed by atoms with Gasteiger partial charge in [-0.1, -0.05) is 0 Å². The van der Waals surface area contributed by atoms with E-state index in [0.717, 1.165) is 48.7 Å². The quantitative estimate of drug-likeness (QED) is 0.476. The van der Waals surface area contributed by atoms with E-state index >= 15 is 0 Å². The van der Waals surface area contributed by atoms with Crippen LogP contribution in [0.3, 0.4) is 0 Å². The number of thiophene rings is 1. The largest absolute Gasteiger partial charge is 0.289 e. The van der Waals surface area contributed by atoms with Crippen molar-refractivity contribution < 1.29 is 0 Å². The van der Waals surface area contributed by atoms with Gasteiger partial charge >= 0.3 is 0 Å². The van der Waals surface area contributed by atoms with Crippen molar-refractivity contribution in [3.63, 3.8) is 0 Å². The molecule has 126 valence electrons. The highest BCUT2D eigenvalue weighted by Crippen LogP contribution is 2.38. The predicted octanol–water partition coefficient (Wildman–Crippen LogP) is 5.17. The molecule has 0 aliphatic heterocycles. The summed E-state index contributed by atoms with van der Waals surface area (Å²) in [4.78, 5) is 28.1. The van der Waals surface area contributed by atoms with Gasteiger partial charge in [-0.25, -0.2) is 0 Å². The van der Waals surface area contributed by atoms with Gasteiger partial charge in [0.15, 0.2) is 10.9 Å². The van der Waals surface area contributed by atoms with Crippen LogP contribution in [0.4, 0.5) is 0 Å². The molecule has 25 heavy (non-hydrogen) atoms. The van der Waals surface area contributed by atoms with Crippen LogP contribution in [-0.2, 0) is 0 Å². The van der Waals surface area contributed by atoms with Crippen LogP contribution in [0.1, 0.15) is 32.7 Å². The molecular weight excluding hydrogens is 328 g/mol. The van der Waals surface area contributed by atoms with Gasteiger partial charge in [-0.2, -0.15) is 0 Å². The Kier molecular flexibility index (Phi) is 3.32. The van der Waals surface area contributed by atoms with E-state index in [0.29, 0.717) is 0 Å². The standard InChI is InChI=1S/C22H20O2S/c1-9-7-15-12(4)19-16(13(5)18(15)20(9)23)8-17(21(19)24)22-11(3)10(2)14(6)25-22/h7-8H,1-6H3. The minimum Gasteiger partial charge on any atom is -0.289 e. The number of hydrogen-bond acceptors (Lipinski definition) is 3. The van der Waals surface area contributed by atoms with Gasteiger partial charge in [0.05, 0.1) is 0 Å². The Labute approximate surface area is 150 Å². The van der Waals surface area contributed by atoms with Crippen molar-refractivity contribution in [3.05, 3.63) is 65.3 Å². The van der Waals surface area contributed by atoms with Crippen LogP contribution in [0.2, 0.25) is 0 Å². The zero-order chi connectivity index (χ0) is 18.2. The molecule has 2 nitrogen and oxygen atoms in total. The Hall–Kier alpha value is -2.26. The molecule has 0 aliphatic rings. The van der Waals surface area contributed by atoms with Crippen molar-refractivity contribution in [2.24, 2.45) is 0 Å². The van der Waals surface area contributed by atoms with Gasteiger partial charge in [0.2, 0.25) is 0 Å². The fourth-order valence-corrected chi connectivity index (χ4v) is 5.16. The maximum absolute atomic E-state index is 13.2. The van der Waals surface area contributed by atoms with Crippen LogP contribution in [0.5, 0.6) is 0 Å². The summed E-state index contributed by atoms with van der Waals surface area (Å²) in [7, 11) is 0. The minimum absolute atomic E-state index is 0.0895. The maximum Gasteiger partial charge on any atom is 0.195 e. The molecule has 4 aromatic rings. The highest BCUT2D eigenvalue weighted by Gasteiger charge is 2.22. The first-order chi connectivity index (χ1) is 11.7. The number of rotatable bonds is 1. The summed E-state index contributed by atoms with van der Waals surface area (Å²) in [6.07, 6.45) is 0. The van der Waals surface area contributed by atoms with Crippen molar-refractivity contribution in [1.29, 1.82) is 0 Å². The second kappa shape index (κ2) is 5.12. The molecule has 0 atom stereocenters. The molecule has 1 heterocycles. The molecule has 0 N–H and O–H groups in total. The molecule has 1 aromatic heterocycles. The molecule has 0 amide bonds. The first-order valence-electron chi connectivity index (χ1n) is 8.47. The lowest BCUT2D eigenvalue weighted by Crippen LogP contribution is -2.02. The molecule has 0 saturated carbocycles. The van der Waals surface area contributed by atoms with Crippen molar-refractivity contribution in [2.75, 3.05) is 0 Å². The highest BCUT2D eigenvalue weighted by atomic mass is 32.1. The van der Waals surface area contributed by atoms with E-state index in [2.05, 4.69) is 20.8 Å². The summed E-state index contributed by atoms with van der Waals surface area (Å²) in [5.74, 6) is 0. The Balaban J connectivity index is 2.20. The topological polar surface area (TPSA) is 34.1 Å². The monoisotopic (exact) mass is 348 g/mol. The molecule has 3 heteroatoms. The summed E-state index contributed by atoms with van der Waals surface area (Å²) in [5, 5.41) is 3.40. The van der Waals surface area contributed by atoms with Crippen LogP contribution in [-0.4, -0.2) is 0 Å². The summed E-state index contributed by atoms with van der Waals surface area (Å²) >= 11 is 1.69. The third-order valence-electron chi connectivity index (χ3n) is 5.73. The predicted molar refractivity (Wildman–Crippen MR) is 108 cm³/mol. The molecule has 0 fully saturated rings. The van der Waals surface area contributed by atoms with Gasteiger partial charge in [-0.3, -0.25) is 9.59 Å². The van der Waals surface area contributed by atoms with Crippen molar-refractivity contribution in [3.8, 4) is 10.4 Å². The first-order valence-corrected chi connectivity index (χ1v) is 9.29. The molecule has 0 spiro atoms. The third-order valence-corrected chi connectivity index (χ3v) is 7.08. The van der Waals surface area contributed by atoms with Gasteiger partial charge in [0, 0.05) is 26.1 Å². The Morgan fingerprint density at radius 1 is 0.680 bits per heavy atom. The number of aryl methyl sites for hydroxylation is 4. The zero-order valence-corrected chi connectivity index (χ0v) is 16.2. The summed E-state index contributed by atoms with van der Waals surface area (Å²) in [6, 6.07) is 3.93. The zero-order valence-electron chi connectivity index (χ0n) is 15.4. The molecule has 0 saturated heterocycles. The van der Waals surface area contributed by atoms with Gasteiger partial charge in [0.1, 0.15) is 0 Å². The fourth-order valence-electron chi connectivity index (χ4n) is 3.98. The van der Waals surface area contributed by atoms with Crippen molar-refractivity contribution >= 4 is 32.9 Å². The van der Waals surface area contributed by atoms with Crippen LogP contribution in [0.25, 0.3) is 32.0 Å². The van der Waals surface area contributed by atoms with E-state index in [1.165, 1.54) is 16.0 Å². The van der Waals surface area contributed by atoms with E-state index in [1.54, 1.807) is 11.3 Å². The average molecular weight is 348 g/mol. The third kappa shape index (κ3) is 1.96. The Morgan fingerprint density at radius 3 is 1.80 bits per heavy atom. The van der Waals surface area contributed by atoms with E-state index < -0.39 is 0 Å². The number of benzene rings is 1. The van der Waals surface area contributed by atoms with Gasteiger partial charge in [-0.05, 0) is 92.3 Å². The first kappa shape index (κ1) is 16.2. The lowest BCUT2D eigenvalue weighted by molar-refractivity contribution is 1.35. The number of fused-ring (bicyclic) bond motifs is 2. The molecule has 3 aromatic carbocycles. The van der Waals surface area contributed by atoms with Crippen LogP contribution in [0.15, 0.2) is 21.7 Å². The normalized spacial score (nSPS) is 11.9. The summed E-state index contributed by atoms with van der Waals surface area (Å²) in [5.41, 5.74) is 6.01. The lowest BCUT2D eigenvalue weighted by atomic mass is 9.99. The smallest absolute Gasteiger partial charge is 0.195 e. The second-order valence-electron chi connectivity index (χ2n) is 7.11. The summed E-state index contributed by atoms with van der Waals surface area (Å²) in [6.45, 7) is 12.1. The Morgan fingerprint density at radius 2 is 1.24 bits per heavy atom. The Bertz CT molecular complexity index is 1280. The van der Waals surface area contributed by atoms with Crippen molar-refractivity contribution in [2.45, 2.75) is 41.5 Å². The maximum atomic E-state index is 13.2. The van der Waals surface area contributed by atoms with Gasteiger partial charge in [-0.15, -0.1) is 11.3 Å². The minimum atomic E-state index is 0.0895. The average Bonchev–Trinajstić information content (AvgIpc) is 3.15. The van der Waals surface area contributed by atoms with E-state index in [-0.39, 0.29) is 10.9 Å². The van der Waals surface area contributed by atoms with E-state index in [9.17, 15) is 9.59 Å². The fraction of sp³-hybridized carbons (Fsp3) is 0.273. The molecule has 0 aliphatic carbocycles. The van der Waals surface area contributed by atoms with Crippen LogP contribution < -0.4 is 10.9 Å². The van der Waals surface area contributed by atoms with Crippen LogP contribution in [0, 0.1) is 41.5 Å². The summed E-state index contributed by atoms with van der Waals surface area (Å²) < 4.78 is 0. The molecule has 0 unspecified atom stereocenters. The SMILES string of the molecule is Cc1sc(-c2cc3c(C)c4c(=O)c(C)cc4c(C)c3c2=O)c(C)c1C. The molecular formula is C22H20O2S. The van der Waals surface area contributed by atoms with Gasteiger partial charge < -0.3 is 0 Å².